The minimum atomic E-state index is -0.303. The number of hydrogen-bond donors (Lipinski definition) is 0. The van der Waals surface area contributed by atoms with Crippen LogP contribution in [-0.4, -0.2) is 41.1 Å². The van der Waals surface area contributed by atoms with Crippen molar-refractivity contribution in [1.82, 2.24) is 9.80 Å². The number of carbonyl (C=O) groups is 3. The molecule has 1 atom stereocenters. The lowest BCUT2D eigenvalue weighted by atomic mass is 10.1. The maximum atomic E-state index is 12.6. The SMILES string of the molecule is CC(c1ccc(Cl)cc1Cl)N(C)C(=O)CCCN1C(=O)c2ccccc2C1=O. The Morgan fingerprint density at radius 2 is 1.68 bits per heavy atom. The molecule has 0 bridgehead atoms. The van der Waals surface area contributed by atoms with Gasteiger partial charge in [0.15, 0.2) is 0 Å². The average Bonchev–Trinajstić information content (AvgIpc) is 2.92. The maximum absolute atomic E-state index is 12.6. The van der Waals surface area contributed by atoms with E-state index in [9.17, 15) is 14.4 Å². The smallest absolute Gasteiger partial charge is 0.261 e. The van der Waals surface area contributed by atoms with Crippen LogP contribution in [0, 0.1) is 0 Å². The van der Waals surface area contributed by atoms with Crippen molar-refractivity contribution < 1.29 is 14.4 Å². The first kappa shape index (κ1) is 20.4. The van der Waals surface area contributed by atoms with Crippen LogP contribution >= 0.6 is 23.2 Å². The van der Waals surface area contributed by atoms with Gasteiger partial charge in [0.05, 0.1) is 17.2 Å². The van der Waals surface area contributed by atoms with E-state index in [4.69, 9.17) is 23.2 Å². The molecule has 0 fully saturated rings. The molecule has 0 aromatic heterocycles. The van der Waals surface area contributed by atoms with E-state index in [0.29, 0.717) is 27.6 Å². The lowest BCUT2D eigenvalue weighted by Gasteiger charge is -2.26. The van der Waals surface area contributed by atoms with Crippen LogP contribution in [0.25, 0.3) is 0 Å². The van der Waals surface area contributed by atoms with Gasteiger partial charge in [-0.2, -0.15) is 0 Å². The van der Waals surface area contributed by atoms with Crippen molar-refractivity contribution in [3.05, 3.63) is 69.2 Å². The molecule has 28 heavy (non-hydrogen) atoms. The minimum absolute atomic E-state index is 0.0878. The number of halogens is 2. The van der Waals surface area contributed by atoms with Gasteiger partial charge >= 0.3 is 0 Å². The van der Waals surface area contributed by atoms with E-state index >= 15 is 0 Å². The van der Waals surface area contributed by atoms with Crippen molar-refractivity contribution >= 4 is 40.9 Å². The Labute approximate surface area is 173 Å². The normalized spacial score (nSPS) is 14.2. The van der Waals surface area contributed by atoms with Gasteiger partial charge in [-0.15, -0.1) is 0 Å². The summed E-state index contributed by atoms with van der Waals surface area (Å²) >= 11 is 12.2. The summed E-state index contributed by atoms with van der Waals surface area (Å²) in [6.07, 6.45) is 0.620. The number of benzene rings is 2. The molecule has 0 N–H and O–H groups in total. The number of imide groups is 1. The Kier molecular flexibility index (Phi) is 6.06. The highest BCUT2D eigenvalue weighted by molar-refractivity contribution is 6.35. The molecule has 146 valence electrons. The topological polar surface area (TPSA) is 57.7 Å². The van der Waals surface area contributed by atoms with Crippen LogP contribution in [0.2, 0.25) is 10.0 Å². The van der Waals surface area contributed by atoms with Gasteiger partial charge < -0.3 is 4.90 Å². The van der Waals surface area contributed by atoms with Gasteiger partial charge in [0.1, 0.15) is 0 Å². The Bertz CT molecular complexity index is 910. The second kappa shape index (κ2) is 8.33. The summed E-state index contributed by atoms with van der Waals surface area (Å²) < 4.78 is 0. The number of carbonyl (C=O) groups excluding carboxylic acids is 3. The van der Waals surface area contributed by atoms with Crippen molar-refractivity contribution in [2.24, 2.45) is 0 Å². The predicted octanol–water partition coefficient (Wildman–Crippen LogP) is 4.59. The van der Waals surface area contributed by atoms with Gasteiger partial charge in [-0.25, -0.2) is 0 Å². The summed E-state index contributed by atoms with van der Waals surface area (Å²) in [6, 6.07) is 11.7. The molecule has 3 rings (SSSR count). The molecular formula is C21H20Cl2N2O3. The molecule has 0 aliphatic carbocycles. The van der Waals surface area contributed by atoms with Crippen molar-refractivity contribution in [3.63, 3.8) is 0 Å². The van der Waals surface area contributed by atoms with Gasteiger partial charge in [-0.3, -0.25) is 19.3 Å². The third-order valence-corrected chi connectivity index (χ3v) is 5.60. The number of nitrogens with zero attached hydrogens (tertiary/aromatic N) is 2. The highest BCUT2D eigenvalue weighted by Crippen LogP contribution is 2.29. The molecule has 5 nitrogen and oxygen atoms in total. The second-order valence-electron chi connectivity index (χ2n) is 6.76. The van der Waals surface area contributed by atoms with Crippen molar-refractivity contribution in [1.29, 1.82) is 0 Å². The Balaban J connectivity index is 1.57. The van der Waals surface area contributed by atoms with Crippen LogP contribution < -0.4 is 0 Å². The van der Waals surface area contributed by atoms with E-state index in [1.807, 2.05) is 6.92 Å². The fourth-order valence-electron chi connectivity index (χ4n) is 3.27. The Morgan fingerprint density at radius 3 is 2.25 bits per heavy atom. The fraction of sp³-hybridized carbons (Fsp3) is 0.286. The van der Waals surface area contributed by atoms with Crippen molar-refractivity contribution in [2.75, 3.05) is 13.6 Å². The zero-order chi connectivity index (χ0) is 20.4. The first-order valence-corrected chi connectivity index (χ1v) is 9.72. The molecular weight excluding hydrogens is 399 g/mol. The molecule has 1 aliphatic rings. The van der Waals surface area contributed by atoms with Crippen molar-refractivity contribution in [3.8, 4) is 0 Å². The maximum Gasteiger partial charge on any atom is 0.261 e. The first-order valence-electron chi connectivity index (χ1n) is 8.97. The van der Waals surface area contributed by atoms with E-state index in [2.05, 4.69) is 0 Å². The Morgan fingerprint density at radius 1 is 1.07 bits per heavy atom. The molecule has 1 heterocycles. The Hall–Kier alpha value is -2.37. The molecule has 1 aliphatic heterocycles. The summed E-state index contributed by atoms with van der Waals surface area (Å²) in [7, 11) is 1.71. The lowest BCUT2D eigenvalue weighted by molar-refractivity contribution is -0.131. The van der Waals surface area contributed by atoms with Crippen LogP contribution in [-0.2, 0) is 4.79 Å². The molecule has 0 radical (unpaired) electrons. The predicted molar refractivity (Wildman–Crippen MR) is 109 cm³/mol. The molecule has 0 saturated heterocycles. The third kappa shape index (κ3) is 3.91. The van der Waals surface area contributed by atoms with Crippen LogP contribution in [0.4, 0.5) is 0 Å². The second-order valence-corrected chi connectivity index (χ2v) is 7.60. The van der Waals surface area contributed by atoms with Gasteiger partial charge in [0.25, 0.3) is 11.8 Å². The van der Waals surface area contributed by atoms with Gasteiger partial charge in [-0.05, 0) is 43.2 Å². The zero-order valence-corrected chi connectivity index (χ0v) is 17.1. The fourth-order valence-corrected chi connectivity index (χ4v) is 3.84. The van der Waals surface area contributed by atoms with E-state index in [0.717, 1.165) is 5.56 Å². The standard InChI is InChI=1S/C21H20Cl2N2O3/c1-13(15-10-9-14(22)12-18(15)23)24(2)19(26)8-5-11-25-20(27)16-6-3-4-7-17(16)21(25)28/h3-4,6-7,9-10,12-13H,5,8,11H2,1-2H3. The summed E-state index contributed by atoms with van der Waals surface area (Å²) in [5.41, 5.74) is 1.64. The average molecular weight is 419 g/mol. The van der Waals surface area contributed by atoms with Crippen LogP contribution in [0.3, 0.4) is 0 Å². The van der Waals surface area contributed by atoms with Gasteiger partial charge in [0.2, 0.25) is 5.91 Å². The van der Waals surface area contributed by atoms with Crippen LogP contribution in [0.15, 0.2) is 42.5 Å². The molecule has 2 aromatic carbocycles. The molecule has 1 unspecified atom stereocenters. The largest absolute Gasteiger partial charge is 0.339 e. The first-order chi connectivity index (χ1) is 13.3. The molecule has 3 amide bonds. The minimum Gasteiger partial charge on any atom is -0.339 e. The molecule has 7 heteroatoms. The number of fused-ring (bicyclic) bond motifs is 1. The molecule has 2 aromatic rings. The highest BCUT2D eigenvalue weighted by atomic mass is 35.5. The number of amides is 3. The third-order valence-electron chi connectivity index (χ3n) is 5.04. The highest BCUT2D eigenvalue weighted by Gasteiger charge is 2.34. The summed E-state index contributed by atoms with van der Waals surface area (Å²) in [6.45, 7) is 2.10. The summed E-state index contributed by atoms with van der Waals surface area (Å²) in [5, 5.41) is 1.04. The number of hydrogen-bond acceptors (Lipinski definition) is 3. The van der Waals surface area contributed by atoms with Crippen LogP contribution in [0.1, 0.15) is 52.1 Å². The van der Waals surface area contributed by atoms with Gasteiger partial charge in [-0.1, -0.05) is 41.4 Å². The quantitative estimate of drug-likeness (QED) is 0.644. The van der Waals surface area contributed by atoms with E-state index in [1.165, 1.54) is 4.90 Å². The monoisotopic (exact) mass is 418 g/mol. The number of rotatable bonds is 6. The van der Waals surface area contributed by atoms with E-state index in [-0.39, 0.29) is 36.7 Å². The van der Waals surface area contributed by atoms with E-state index < -0.39 is 0 Å². The van der Waals surface area contributed by atoms with E-state index in [1.54, 1.807) is 54.4 Å². The van der Waals surface area contributed by atoms with Crippen LogP contribution in [0.5, 0.6) is 0 Å². The molecule has 0 spiro atoms. The zero-order valence-electron chi connectivity index (χ0n) is 15.6. The van der Waals surface area contributed by atoms with Gasteiger partial charge in [0, 0.05) is 30.1 Å². The summed E-state index contributed by atoms with van der Waals surface area (Å²) in [5.74, 6) is -0.694. The molecule has 0 saturated carbocycles. The van der Waals surface area contributed by atoms with Crippen molar-refractivity contribution in [2.45, 2.75) is 25.8 Å². The lowest BCUT2D eigenvalue weighted by Crippen LogP contribution is -2.33. The summed E-state index contributed by atoms with van der Waals surface area (Å²) in [4.78, 5) is 40.1.